The predicted molar refractivity (Wildman–Crippen MR) is 91.1 cm³/mol. The molecule has 0 unspecified atom stereocenters. The topological polar surface area (TPSA) is 49.4 Å². The van der Waals surface area contributed by atoms with E-state index < -0.39 is 0 Å². The average Bonchev–Trinajstić information content (AvgIpc) is 2.55. The van der Waals surface area contributed by atoms with Crippen LogP contribution in [-0.2, 0) is 22.6 Å². The van der Waals surface area contributed by atoms with Crippen LogP contribution in [0.5, 0.6) is 0 Å². The van der Waals surface area contributed by atoms with Gasteiger partial charge >= 0.3 is 0 Å². The second kappa shape index (κ2) is 8.34. The second-order valence-electron chi connectivity index (χ2n) is 5.32. The molecule has 0 bridgehead atoms. The van der Waals surface area contributed by atoms with Crippen molar-refractivity contribution in [2.24, 2.45) is 0 Å². The van der Waals surface area contributed by atoms with E-state index in [1.165, 1.54) is 0 Å². The van der Waals surface area contributed by atoms with Gasteiger partial charge in [0.2, 0.25) is 11.8 Å². The van der Waals surface area contributed by atoms with E-state index in [4.69, 9.17) is 11.6 Å². The first-order valence-electron chi connectivity index (χ1n) is 7.33. The van der Waals surface area contributed by atoms with Crippen LogP contribution in [0.2, 0.25) is 5.02 Å². The van der Waals surface area contributed by atoms with Crippen molar-refractivity contribution in [1.29, 1.82) is 0 Å². The Balaban J connectivity index is 1.76. The van der Waals surface area contributed by atoms with Crippen molar-refractivity contribution in [2.75, 3.05) is 13.6 Å². The van der Waals surface area contributed by atoms with Gasteiger partial charge in [-0.1, -0.05) is 54.1 Å². The summed E-state index contributed by atoms with van der Waals surface area (Å²) in [7, 11) is 1.72. The van der Waals surface area contributed by atoms with Crippen molar-refractivity contribution >= 4 is 23.4 Å². The molecule has 4 nitrogen and oxygen atoms in total. The molecule has 2 amide bonds. The number of nitrogens with one attached hydrogen (secondary N) is 1. The number of carbonyl (C=O) groups excluding carboxylic acids is 2. The van der Waals surface area contributed by atoms with Crippen molar-refractivity contribution < 1.29 is 9.59 Å². The summed E-state index contributed by atoms with van der Waals surface area (Å²) in [5, 5.41) is 3.28. The Morgan fingerprint density at radius 1 is 1.00 bits per heavy atom. The lowest BCUT2D eigenvalue weighted by Crippen LogP contribution is -2.38. The molecular weight excluding hydrogens is 312 g/mol. The number of amides is 2. The number of nitrogens with zero attached hydrogens (tertiary/aromatic N) is 1. The average molecular weight is 331 g/mol. The van der Waals surface area contributed by atoms with Crippen LogP contribution in [0.1, 0.15) is 11.1 Å². The molecule has 1 N–H and O–H groups in total. The highest BCUT2D eigenvalue weighted by Gasteiger charge is 2.11. The van der Waals surface area contributed by atoms with E-state index in [0.717, 1.165) is 11.1 Å². The lowest BCUT2D eigenvalue weighted by molar-refractivity contribution is -0.132. The van der Waals surface area contributed by atoms with Crippen LogP contribution in [0.3, 0.4) is 0 Å². The molecule has 23 heavy (non-hydrogen) atoms. The summed E-state index contributed by atoms with van der Waals surface area (Å²) in [5.41, 5.74) is 1.91. The largest absolute Gasteiger partial charge is 0.347 e. The normalized spacial score (nSPS) is 10.2. The molecule has 0 aliphatic carbocycles. The Morgan fingerprint density at radius 3 is 2.30 bits per heavy atom. The molecule has 0 aliphatic rings. The Kier molecular flexibility index (Phi) is 6.18. The van der Waals surface area contributed by atoms with Crippen molar-refractivity contribution in [2.45, 2.75) is 13.0 Å². The molecule has 0 radical (unpaired) electrons. The zero-order valence-electron chi connectivity index (χ0n) is 13.0. The minimum Gasteiger partial charge on any atom is -0.347 e. The standard InChI is InChI=1S/C18H19ClN2O2/c1-21(13-15-5-3-2-4-6-15)18(23)12-20-17(22)11-14-7-9-16(19)10-8-14/h2-10H,11-13H2,1H3,(H,20,22). The summed E-state index contributed by atoms with van der Waals surface area (Å²) in [6.07, 6.45) is 0.229. The molecule has 2 rings (SSSR count). The molecule has 0 heterocycles. The molecule has 2 aromatic rings. The third-order valence-electron chi connectivity index (χ3n) is 3.40. The number of benzene rings is 2. The van der Waals surface area contributed by atoms with Gasteiger partial charge in [-0.15, -0.1) is 0 Å². The Hall–Kier alpha value is -2.33. The first-order chi connectivity index (χ1) is 11.0. The number of carbonyl (C=O) groups is 2. The van der Waals surface area contributed by atoms with Gasteiger partial charge in [0, 0.05) is 18.6 Å². The maximum atomic E-state index is 12.0. The van der Waals surface area contributed by atoms with Gasteiger partial charge in [-0.2, -0.15) is 0 Å². The van der Waals surface area contributed by atoms with Gasteiger partial charge in [-0.05, 0) is 23.3 Å². The van der Waals surface area contributed by atoms with Crippen LogP contribution in [0, 0.1) is 0 Å². The van der Waals surface area contributed by atoms with E-state index in [-0.39, 0.29) is 24.8 Å². The molecular formula is C18H19ClN2O2. The van der Waals surface area contributed by atoms with Gasteiger partial charge < -0.3 is 10.2 Å². The number of halogens is 1. The van der Waals surface area contributed by atoms with Gasteiger partial charge in [0.1, 0.15) is 0 Å². The fourth-order valence-electron chi connectivity index (χ4n) is 2.10. The van der Waals surface area contributed by atoms with E-state index in [2.05, 4.69) is 5.32 Å². The van der Waals surface area contributed by atoms with Crippen LogP contribution in [0.25, 0.3) is 0 Å². The molecule has 0 aliphatic heterocycles. The molecule has 120 valence electrons. The summed E-state index contributed by atoms with van der Waals surface area (Å²) in [6, 6.07) is 16.8. The summed E-state index contributed by atoms with van der Waals surface area (Å²) < 4.78 is 0. The second-order valence-corrected chi connectivity index (χ2v) is 5.75. The van der Waals surface area contributed by atoms with E-state index >= 15 is 0 Å². The van der Waals surface area contributed by atoms with Crippen LogP contribution in [-0.4, -0.2) is 30.3 Å². The number of likely N-dealkylation sites (N-methyl/N-ethyl adjacent to an activating group) is 1. The summed E-state index contributed by atoms with van der Waals surface area (Å²) in [6.45, 7) is 0.516. The van der Waals surface area contributed by atoms with E-state index in [0.29, 0.717) is 11.6 Å². The monoisotopic (exact) mass is 330 g/mol. The van der Waals surface area contributed by atoms with Crippen molar-refractivity contribution in [1.82, 2.24) is 10.2 Å². The summed E-state index contributed by atoms with van der Waals surface area (Å²) >= 11 is 5.80. The van der Waals surface area contributed by atoms with Gasteiger partial charge in [0.25, 0.3) is 0 Å². The minimum absolute atomic E-state index is 0.00421. The highest BCUT2D eigenvalue weighted by molar-refractivity contribution is 6.30. The predicted octanol–water partition coefficient (Wildman–Crippen LogP) is 2.66. The Labute approximate surface area is 141 Å². The van der Waals surface area contributed by atoms with Crippen LogP contribution < -0.4 is 5.32 Å². The Morgan fingerprint density at radius 2 is 1.65 bits per heavy atom. The van der Waals surface area contributed by atoms with E-state index in [1.807, 2.05) is 30.3 Å². The first-order valence-corrected chi connectivity index (χ1v) is 7.71. The molecule has 0 aromatic heterocycles. The van der Waals surface area contributed by atoms with Crippen LogP contribution in [0.15, 0.2) is 54.6 Å². The highest BCUT2D eigenvalue weighted by Crippen LogP contribution is 2.09. The molecule has 2 aromatic carbocycles. The minimum atomic E-state index is -0.186. The van der Waals surface area contributed by atoms with Crippen LogP contribution in [0.4, 0.5) is 0 Å². The molecule has 5 heteroatoms. The number of hydrogen-bond acceptors (Lipinski definition) is 2. The highest BCUT2D eigenvalue weighted by atomic mass is 35.5. The number of rotatable bonds is 6. The molecule has 0 fully saturated rings. The third-order valence-corrected chi connectivity index (χ3v) is 3.66. The molecule has 0 atom stereocenters. The quantitative estimate of drug-likeness (QED) is 0.885. The molecule has 0 saturated heterocycles. The fourth-order valence-corrected chi connectivity index (χ4v) is 2.23. The van der Waals surface area contributed by atoms with Gasteiger partial charge in [-0.25, -0.2) is 0 Å². The van der Waals surface area contributed by atoms with Gasteiger partial charge in [0.15, 0.2) is 0 Å². The summed E-state index contributed by atoms with van der Waals surface area (Å²) in [5.74, 6) is -0.313. The van der Waals surface area contributed by atoms with Crippen LogP contribution >= 0.6 is 11.6 Å². The lowest BCUT2D eigenvalue weighted by atomic mass is 10.1. The fraction of sp³-hybridized carbons (Fsp3) is 0.222. The molecule has 0 saturated carbocycles. The maximum Gasteiger partial charge on any atom is 0.242 e. The summed E-state index contributed by atoms with van der Waals surface area (Å²) in [4.78, 5) is 25.5. The zero-order valence-corrected chi connectivity index (χ0v) is 13.7. The van der Waals surface area contributed by atoms with Crippen molar-refractivity contribution in [3.63, 3.8) is 0 Å². The van der Waals surface area contributed by atoms with Crippen molar-refractivity contribution in [3.8, 4) is 0 Å². The lowest BCUT2D eigenvalue weighted by Gasteiger charge is -2.17. The maximum absolute atomic E-state index is 12.0. The first kappa shape index (κ1) is 17.0. The van der Waals surface area contributed by atoms with E-state index in [9.17, 15) is 9.59 Å². The smallest absolute Gasteiger partial charge is 0.242 e. The van der Waals surface area contributed by atoms with Crippen molar-refractivity contribution in [3.05, 3.63) is 70.7 Å². The molecule has 0 spiro atoms. The van der Waals surface area contributed by atoms with E-state index in [1.54, 1.807) is 36.2 Å². The third kappa shape index (κ3) is 5.75. The zero-order chi connectivity index (χ0) is 16.7. The van der Waals surface area contributed by atoms with Gasteiger partial charge in [0.05, 0.1) is 13.0 Å². The SMILES string of the molecule is CN(Cc1ccccc1)C(=O)CNC(=O)Cc1ccc(Cl)cc1. The number of hydrogen-bond donors (Lipinski definition) is 1. The van der Waals surface area contributed by atoms with Gasteiger partial charge in [-0.3, -0.25) is 9.59 Å². The Bertz CT molecular complexity index is 656.